The van der Waals surface area contributed by atoms with E-state index in [1.807, 2.05) is 71.6 Å². The third-order valence-electron chi connectivity index (χ3n) is 7.16. The molecule has 0 bridgehead atoms. The molecule has 0 unspecified atom stereocenters. The lowest BCUT2D eigenvalue weighted by molar-refractivity contribution is 0.122. The number of nitrogens with zero attached hydrogens (tertiary/aromatic N) is 5. The first kappa shape index (κ1) is 29.9. The third-order valence-corrected chi connectivity index (χ3v) is 9.25. The van der Waals surface area contributed by atoms with Crippen LogP contribution in [0.25, 0.3) is 17.8 Å². The first-order chi connectivity index (χ1) is 21.6. The van der Waals surface area contributed by atoms with Crippen molar-refractivity contribution in [3.8, 4) is 23.1 Å². The van der Waals surface area contributed by atoms with Gasteiger partial charge in [0.2, 0.25) is 5.88 Å². The van der Waals surface area contributed by atoms with E-state index in [-0.39, 0.29) is 0 Å². The second-order valence-corrected chi connectivity index (χ2v) is 12.3. The van der Waals surface area contributed by atoms with Crippen LogP contribution in [0.1, 0.15) is 39.3 Å². The summed E-state index contributed by atoms with van der Waals surface area (Å²) in [4.78, 5) is 12.9. The monoisotopic (exact) mass is 629 g/mol. The summed E-state index contributed by atoms with van der Waals surface area (Å²) in [6.45, 7) is 8.06. The average molecular weight is 630 g/mol. The van der Waals surface area contributed by atoms with Crippen molar-refractivity contribution < 1.29 is 18.9 Å². The van der Waals surface area contributed by atoms with Crippen molar-refractivity contribution in [1.82, 2.24) is 19.7 Å². The molecule has 3 aromatic heterocycles. The van der Waals surface area contributed by atoms with Crippen LogP contribution in [0.3, 0.4) is 0 Å². The van der Waals surface area contributed by atoms with Crippen LogP contribution in [-0.4, -0.2) is 53.2 Å². The highest BCUT2D eigenvalue weighted by Gasteiger charge is 2.18. The predicted molar refractivity (Wildman–Crippen MR) is 176 cm³/mol. The molecule has 6 rings (SSSR count). The Bertz CT molecular complexity index is 1710. The van der Waals surface area contributed by atoms with Gasteiger partial charge in [-0.05, 0) is 55.3 Å². The molecule has 0 N–H and O–H groups in total. The Labute approximate surface area is 265 Å². The molecule has 0 atom stereocenters. The van der Waals surface area contributed by atoms with Crippen LogP contribution in [0.5, 0.6) is 17.4 Å². The molecule has 2 aromatic carbocycles. The lowest BCUT2D eigenvalue weighted by atomic mass is 10.2. The van der Waals surface area contributed by atoms with E-state index in [0.29, 0.717) is 30.6 Å². The first-order valence-electron chi connectivity index (χ1n) is 14.6. The normalized spacial score (nSPS) is 13.5. The number of hydrogen-bond donors (Lipinski definition) is 0. The van der Waals surface area contributed by atoms with Crippen molar-refractivity contribution in [2.45, 2.75) is 33.5 Å². The fourth-order valence-corrected chi connectivity index (χ4v) is 6.38. The third kappa shape index (κ3) is 7.12. The van der Waals surface area contributed by atoms with E-state index in [0.717, 1.165) is 75.9 Å². The highest BCUT2D eigenvalue weighted by atomic mass is 32.1. The van der Waals surface area contributed by atoms with Gasteiger partial charge in [-0.25, -0.2) is 14.6 Å². The molecule has 0 saturated carbocycles. The minimum absolute atomic E-state index is 0.314. The maximum atomic E-state index is 6.27. The SMILES string of the molecule is CCc1nc(C=Cc2cn(-c3ccccc3)nc2OCc2ccc(OCc3nc(N4CCOCC4)sc3C)c(OC)c2)cs1. The molecular formula is C33H35N5O4S2. The second kappa shape index (κ2) is 14.1. The molecule has 0 aliphatic carbocycles. The minimum atomic E-state index is 0.314. The maximum Gasteiger partial charge on any atom is 0.240 e. The van der Waals surface area contributed by atoms with Gasteiger partial charge in [0, 0.05) is 29.5 Å². The molecule has 1 aliphatic rings. The lowest BCUT2D eigenvalue weighted by Gasteiger charge is -2.26. The Morgan fingerprint density at radius 2 is 1.82 bits per heavy atom. The van der Waals surface area contributed by atoms with Crippen LogP contribution in [0.2, 0.25) is 0 Å². The molecule has 0 amide bonds. The Morgan fingerprint density at radius 1 is 0.977 bits per heavy atom. The number of morpholine rings is 1. The van der Waals surface area contributed by atoms with E-state index in [1.165, 1.54) is 0 Å². The van der Waals surface area contributed by atoms with Crippen molar-refractivity contribution in [3.05, 3.63) is 92.5 Å². The highest BCUT2D eigenvalue weighted by molar-refractivity contribution is 7.15. The summed E-state index contributed by atoms with van der Waals surface area (Å²) in [5.74, 6) is 1.83. The fourth-order valence-electron chi connectivity index (χ4n) is 4.71. The van der Waals surface area contributed by atoms with E-state index in [4.69, 9.17) is 29.0 Å². The summed E-state index contributed by atoms with van der Waals surface area (Å²) in [5, 5.41) is 8.94. The minimum Gasteiger partial charge on any atom is -0.493 e. The summed E-state index contributed by atoms with van der Waals surface area (Å²) in [6.07, 6.45) is 6.89. The summed E-state index contributed by atoms with van der Waals surface area (Å²) in [5.41, 5.74) is 4.61. The molecule has 228 valence electrons. The average Bonchev–Trinajstić information content (AvgIpc) is 3.81. The molecule has 9 nitrogen and oxygen atoms in total. The maximum absolute atomic E-state index is 6.27. The van der Waals surface area contributed by atoms with Crippen molar-refractivity contribution in [1.29, 1.82) is 0 Å². The van der Waals surface area contributed by atoms with Gasteiger partial charge in [-0.2, -0.15) is 0 Å². The Kier molecular flexibility index (Phi) is 9.55. The van der Waals surface area contributed by atoms with Gasteiger partial charge < -0.3 is 23.8 Å². The second-order valence-electron chi connectivity index (χ2n) is 10.2. The van der Waals surface area contributed by atoms with Gasteiger partial charge in [0.05, 0.1) is 48.0 Å². The molecule has 4 heterocycles. The van der Waals surface area contributed by atoms with Crippen LogP contribution < -0.4 is 19.1 Å². The number of anilines is 1. The Balaban J connectivity index is 1.15. The number of ether oxygens (including phenoxy) is 4. The van der Waals surface area contributed by atoms with Crippen LogP contribution in [0.4, 0.5) is 5.13 Å². The Hall–Kier alpha value is -4.19. The van der Waals surface area contributed by atoms with E-state index in [2.05, 4.69) is 29.1 Å². The number of benzene rings is 2. The topological polar surface area (TPSA) is 83.8 Å². The largest absolute Gasteiger partial charge is 0.493 e. The fraction of sp³-hybridized carbons (Fsp3) is 0.303. The number of aryl methyl sites for hydroxylation is 2. The van der Waals surface area contributed by atoms with Gasteiger partial charge in [-0.1, -0.05) is 31.2 Å². The zero-order valence-electron chi connectivity index (χ0n) is 25.1. The van der Waals surface area contributed by atoms with Crippen molar-refractivity contribution in [3.63, 3.8) is 0 Å². The molecule has 1 fully saturated rings. The van der Waals surface area contributed by atoms with Gasteiger partial charge in [0.1, 0.15) is 13.2 Å². The van der Waals surface area contributed by atoms with E-state index < -0.39 is 0 Å². The zero-order valence-corrected chi connectivity index (χ0v) is 26.7. The van der Waals surface area contributed by atoms with Gasteiger partial charge in [-0.3, -0.25) is 0 Å². The lowest BCUT2D eigenvalue weighted by Crippen LogP contribution is -2.36. The van der Waals surface area contributed by atoms with Crippen LogP contribution in [-0.2, 0) is 24.4 Å². The molecule has 1 aliphatic heterocycles. The van der Waals surface area contributed by atoms with Gasteiger partial charge in [-0.15, -0.1) is 27.8 Å². The van der Waals surface area contributed by atoms with Crippen molar-refractivity contribution in [2.24, 2.45) is 0 Å². The van der Waals surface area contributed by atoms with Crippen LogP contribution in [0, 0.1) is 6.92 Å². The number of aromatic nitrogens is 4. The molecule has 44 heavy (non-hydrogen) atoms. The number of rotatable bonds is 12. The Morgan fingerprint density at radius 3 is 2.59 bits per heavy atom. The van der Waals surface area contributed by atoms with Crippen LogP contribution in [0.15, 0.2) is 60.1 Å². The summed E-state index contributed by atoms with van der Waals surface area (Å²) >= 11 is 3.36. The van der Waals surface area contributed by atoms with Gasteiger partial charge >= 0.3 is 0 Å². The van der Waals surface area contributed by atoms with Crippen molar-refractivity contribution in [2.75, 3.05) is 38.3 Å². The van der Waals surface area contributed by atoms with Crippen LogP contribution >= 0.6 is 22.7 Å². The molecule has 5 aromatic rings. The quantitative estimate of drug-likeness (QED) is 0.149. The summed E-state index contributed by atoms with van der Waals surface area (Å²) in [6, 6.07) is 15.8. The highest BCUT2D eigenvalue weighted by Crippen LogP contribution is 2.32. The van der Waals surface area contributed by atoms with Gasteiger partial charge in [0.15, 0.2) is 16.6 Å². The number of para-hydroxylation sites is 1. The molecule has 0 radical (unpaired) electrons. The van der Waals surface area contributed by atoms with E-state index in [9.17, 15) is 0 Å². The summed E-state index contributed by atoms with van der Waals surface area (Å²) in [7, 11) is 1.64. The van der Waals surface area contributed by atoms with E-state index in [1.54, 1.807) is 29.8 Å². The van der Waals surface area contributed by atoms with E-state index >= 15 is 0 Å². The number of thiazole rings is 2. The number of methoxy groups -OCH3 is 1. The van der Waals surface area contributed by atoms with Gasteiger partial charge in [0.25, 0.3) is 0 Å². The molecule has 11 heteroatoms. The number of hydrogen-bond acceptors (Lipinski definition) is 10. The predicted octanol–water partition coefficient (Wildman–Crippen LogP) is 6.83. The molecule has 0 spiro atoms. The summed E-state index contributed by atoms with van der Waals surface area (Å²) < 4.78 is 25.4. The standard InChI is InChI=1S/C33H35N5O4S2/c1-4-31-34-26(22-43-31)12-11-25-19-38(27-8-6-5-7-9-27)36-32(25)42-20-24-10-13-29(30(18-24)39-3)41-21-28-23(2)44-33(35-28)37-14-16-40-17-15-37/h5-13,18-19,22H,4,14-17,20-21H2,1-3H3. The molecule has 1 saturated heterocycles. The van der Waals surface area contributed by atoms with Crippen molar-refractivity contribution >= 4 is 40.0 Å². The molecular weight excluding hydrogens is 595 g/mol. The first-order valence-corrected chi connectivity index (χ1v) is 16.3. The smallest absolute Gasteiger partial charge is 0.240 e. The zero-order chi connectivity index (χ0) is 30.3.